The van der Waals surface area contributed by atoms with Crippen molar-refractivity contribution in [1.29, 1.82) is 0 Å². The molecule has 0 spiro atoms. The Bertz CT molecular complexity index is 223. The number of carbonyl (C=O) groups excluding carboxylic acids is 1. The molecule has 1 aliphatic carbocycles. The van der Waals surface area contributed by atoms with Gasteiger partial charge in [-0.3, -0.25) is 0 Å². The average Bonchev–Trinajstić information content (AvgIpc) is 3.10. The fourth-order valence-electron chi connectivity index (χ4n) is 2.00. The van der Waals surface area contributed by atoms with E-state index in [2.05, 4.69) is 6.92 Å². The number of amides is 2. The van der Waals surface area contributed by atoms with Gasteiger partial charge in [0.15, 0.2) is 0 Å². The minimum atomic E-state index is 0.225. The van der Waals surface area contributed by atoms with E-state index in [0.29, 0.717) is 19.3 Å². The lowest BCUT2D eigenvalue weighted by Gasteiger charge is -2.33. The van der Waals surface area contributed by atoms with Gasteiger partial charge >= 0.3 is 6.03 Å². The van der Waals surface area contributed by atoms with Crippen molar-refractivity contribution in [2.24, 2.45) is 0 Å². The summed E-state index contributed by atoms with van der Waals surface area (Å²) in [6, 6.07) is 0.753. The van der Waals surface area contributed by atoms with Crippen LogP contribution in [-0.4, -0.2) is 54.7 Å². The van der Waals surface area contributed by atoms with Crippen LogP contribution in [0.3, 0.4) is 0 Å². The molecule has 1 aliphatic heterocycles. The van der Waals surface area contributed by atoms with Crippen LogP contribution in [0.1, 0.15) is 26.2 Å². The van der Waals surface area contributed by atoms with Crippen molar-refractivity contribution >= 4 is 6.03 Å². The van der Waals surface area contributed by atoms with Crippen LogP contribution in [0, 0.1) is 0 Å². The van der Waals surface area contributed by atoms with Gasteiger partial charge < -0.3 is 14.5 Å². The fraction of sp³-hybridized carbons (Fsp3) is 0.909. The van der Waals surface area contributed by atoms with Crippen molar-refractivity contribution < 1.29 is 9.53 Å². The molecular weight excluding hydrogens is 192 g/mol. The van der Waals surface area contributed by atoms with Gasteiger partial charge in [-0.15, -0.1) is 0 Å². The van der Waals surface area contributed by atoms with E-state index < -0.39 is 0 Å². The summed E-state index contributed by atoms with van der Waals surface area (Å²) in [5.41, 5.74) is 0. The largest absolute Gasteiger partial charge is 0.378 e. The number of ether oxygens (including phenoxy) is 1. The Morgan fingerprint density at radius 1 is 1.40 bits per heavy atom. The highest BCUT2D eigenvalue weighted by Gasteiger charge is 2.34. The quantitative estimate of drug-likeness (QED) is 0.706. The van der Waals surface area contributed by atoms with Gasteiger partial charge in [-0.05, 0) is 19.3 Å². The van der Waals surface area contributed by atoms with Crippen molar-refractivity contribution in [2.75, 3.05) is 32.8 Å². The van der Waals surface area contributed by atoms with Crippen LogP contribution in [-0.2, 0) is 4.74 Å². The third kappa shape index (κ3) is 2.62. The van der Waals surface area contributed by atoms with Gasteiger partial charge in [0.25, 0.3) is 0 Å². The highest BCUT2D eigenvalue weighted by Crippen LogP contribution is 2.28. The first-order valence-corrected chi connectivity index (χ1v) is 5.96. The molecule has 0 bridgehead atoms. The molecule has 2 rings (SSSR count). The highest BCUT2D eigenvalue weighted by molar-refractivity contribution is 5.75. The van der Waals surface area contributed by atoms with E-state index in [1.54, 1.807) is 0 Å². The predicted octanol–water partition coefficient (Wildman–Crippen LogP) is 1.31. The van der Waals surface area contributed by atoms with E-state index in [-0.39, 0.29) is 6.03 Å². The van der Waals surface area contributed by atoms with Crippen LogP contribution >= 0.6 is 0 Å². The smallest absolute Gasteiger partial charge is 0.320 e. The lowest BCUT2D eigenvalue weighted by molar-refractivity contribution is 0.0426. The predicted molar refractivity (Wildman–Crippen MR) is 57.8 cm³/mol. The average molecular weight is 212 g/mol. The van der Waals surface area contributed by atoms with Crippen LogP contribution in [0.25, 0.3) is 0 Å². The standard InChI is InChI=1S/C11H20N2O2/c1-2-5-13(10-3-4-10)11(14)12-6-8-15-9-7-12/h10H,2-9H2,1H3. The molecule has 0 aromatic rings. The minimum Gasteiger partial charge on any atom is -0.378 e. The maximum Gasteiger partial charge on any atom is 0.320 e. The van der Waals surface area contributed by atoms with Crippen molar-refractivity contribution in [3.8, 4) is 0 Å². The van der Waals surface area contributed by atoms with E-state index >= 15 is 0 Å². The molecule has 0 aromatic carbocycles. The van der Waals surface area contributed by atoms with Gasteiger partial charge in [0.1, 0.15) is 0 Å². The van der Waals surface area contributed by atoms with E-state index in [1.165, 1.54) is 12.8 Å². The van der Waals surface area contributed by atoms with Gasteiger partial charge in [-0.1, -0.05) is 6.92 Å². The maximum atomic E-state index is 12.2. The molecule has 0 aromatic heterocycles. The van der Waals surface area contributed by atoms with Crippen molar-refractivity contribution in [3.05, 3.63) is 0 Å². The second kappa shape index (κ2) is 4.84. The normalized spacial score (nSPS) is 21.5. The molecule has 1 saturated carbocycles. The number of urea groups is 1. The topological polar surface area (TPSA) is 32.8 Å². The van der Waals surface area contributed by atoms with Gasteiger partial charge in [-0.25, -0.2) is 4.79 Å². The van der Waals surface area contributed by atoms with Gasteiger partial charge in [0.2, 0.25) is 0 Å². The monoisotopic (exact) mass is 212 g/mol. The van der Waals surface area contributed by atoms with Crippen LogP contribution in [0.15, 0.2) is 0 Å². The molecule has 0 unspecified atom stereocenters. The summed E-state index contributed by atoms with van der Waals surface area (Å²) in [6.07, 6.45) is 3.43. The molecule has 0 N–H and O–H groups in total. The van der Waals surface area contributed by atoms with Crippen molar-refractivity contribution in [3.63, 3.8) is 0 Å². The molecule has 2 aliphatic rings. The molecule has 2 amide bonds. The fourth-order valence-corrected chi connectivity index (χ4v) is 2.00. The van der Waals surface area contributed by atoms with E-state index in [4.69, 9.17) is 4.74 Å². The number of hydrogen-bond donors (Lipinski definition) is 0. The number of hydrogen-bond acceptors (Lipinski definition) is 2. The molecule has 0 radical (unpaired) electrons. The second-order valence-corrected chi connectivity index (χ2v) is 4.31. The highest BCUT2D eigenvalue weighted by atomic mass is 16.5. The maximum absolute atomic E-state index is 12.2. The molecular formula is C11H20N2O2. The Balaban J connectivity index is 1.90. The van der Waals surface area contributed by atoms with E-state index in [1.807, 2.05) is 9.80 Å². The third-order valence-corrected chi connectivity index (χ3v) is 2.98. The van der Waals surface area contributed by atoms with Gasteiger partial charge in [0, 0.05) is 25.7 Å². The van der Waals surface area contributed by atoms with Crippen LogP contribution in [0.4, 0.5) is 4.79 Å². The summed E-state index contributed by atoms with van der Waals surface area (Å²) < 4.78 is 5.25. The molecule has 1 saturated heterocycles. The third-order valence-electron chi connectivity index (χ3n) is 2.98. The van der Waals surface area contributed by atoms with Crippen molar-refractivity contribution in [1.82, 2.24) is 9.80 Å². The zero-order valence-electron chi connectivity index (χ0n) is 9.45. The molecule has 4 nitrogen and oxygen atoms in total. The van der Waals surface area contributed by atoms with Crippen molar-refractivity contribution in [2.45, 2.75) is 32.2 Å². The summed E-state index contributed by atoms with van der Waals surface area (Å²) >= 11 is 0. The lowest BCUT2D eigenvalue weighted by Crippen LogP contribution is -2.49. The SMILES string of the molecule is CCCN(C(=O)N1CCOCC1)C1CC1. The minimum absolute atomic E-state index is 0.225. The summed E-state index contributed by atoms with van der Waals surface area (Å²) in [5, 5.41) is 0. The molecule has 2 fully saturated rings. The van der Waals surface area contributed by atoms with Gasteiger partial charge in [-0.2, -0.15) is 0 Å². The Hall–Kier alpha value is -0.770. The first-order valence-electron chi connectivity index (χ1n) is 5.96. The summed E-state index contributed by atoms with van der Waals surface area (Å²) in [6.45, 7) is 5.92. The second-order valence-electron chi connectivity index (χ2n) is 4.31. The number of nitrogens with zero attached hydrogens (tertiary/aromatic N) is 2. The number of carbonyl (C=O) groups is 1. The Morgan fingerprint density at radius 3 is 2.60 bits per heavy atom. The summed E-state index contributed by atoms with van der Waals surface area (Å²) in [5.74, 6) is 0. The van der Waals surface area contributed by atoms with Crippen LogP contribution in [0.2, 0.25) is 0 Å². The molecule has 0 atom stereocenters. The summed E-state index contributed by atoms with van der Waals surface area (Å²) in [4.78, 5) is 16.1. The van der Waals surface area contributed by atoms with E-state index in [0.717, 1.165) is 26.1 Å². The van der Waals surface area contributed by atoms with Gasteiger partial charge in [0.05, 0.1) is 13.2 Å². The van der Waals surface area contributed by atoms with Crippen LogP contribution in [0.5, 0.6) is 0 Å². The number of morpholine rings is 1. The van der Waals surface area contributed by atoms with Crippen LogP contribution < -0.4 is 0 Å². The lowest BCUT2D eigenvalue weighted by atomic mass is 10.4. The molecule has 1 heterocycles. The molecule has 4 heteroatoms. The zero-order chi connectivity index (χ0) is 10.7. The molecule has 15 heavy (non-hydrogen) atoms. The number of rotatable bonds is 3. The molecule has 86 valence electrons. The zero-order valence-corrected chi connectivity index (χ0v) is 9.45. The Labute approximate surface area is 91.2 Å². The van der Waals surface area contributed by atoms with E-state index in [9.17, 15) is 4.79 Å². The Morgan fingerprint density at radius 2 is 2.07 bits per heavy atom. The summed E-state index contributed by atoms with van der Waals surface area (Å²) in [7, 11) is 0. The Kier molecular flexibility index (Phi) is 3.46. The first kappa shape index (κ1) is 10.7. The first-order chi connectivity index (χ1) is 7.33.